The molecular formula is C56H36N6. The van der Waals surface area contributed by atoms with Crippen LogP contribution < -0.4 is 0 Å². The van der Waals surface area contributed by atoms with Crippen LogP contribution in [0.5, 0.6) is 0 Å². The van der Waals surface area contributed by atoms with E-state index in [0.717, 1.165) is 94.3 Å². The van der Waals surface area contributed by atoms with Gasteiger partial charge in [0.15, 0.2) is 17.5 Å². The molecule has 290 valence electrons. The average molecular weight is 793 g/mol. The van der Waals surface area contributed by atoms with Gasteiger partial charge in [-0.15, -0.1) is 0 Å². The SMILES string of the molecule is c1ccc(-c2ccc(-c3nc(-c4ccccc4)nc(-c4ccc(-c5c6ccccc6c(-c6cc(-c7cccnc7)nc(-c7ccccn7)c6)c6ccccc56)cc4)n3)cc2)cc1. The van der Waals surface area contributed by atoms with Crippen LogP contribution in [-0.2, 0) is 0 Å². The lowest BCUT2D eigenvalue weighted by molar-refractivity contribution is 1.07. The number of hydrogen-bond donors (Lipinski definition) is 0. The highest BCUT2D eigenvalue weighted by Gasteiger charge is 2.20. The molecule has 0 aliphatic heterocycles. The lowest BCUT2D eigenvalue weighted by Gasteiger charge is -2.19. The number of fused-ring (bicyclic) bond motifs is 2. The van der Waals surface area contributed by atoms with Crippen molar-refractivity contribution in [3.63, 3.8) is 0 Å². The summed E-state index contributed by atoms with van der Waals surface area (Å²) in [5.74, 6) is 1.87. The van der Waals surface area contributed by atoms with Crippen molar-refractivity contribution < 1.29 is 0 Å². The van der Waals surface area contributed by atoms with Crippen molar-refractivity contribution in [3.8, 4) is 90.2 Å². The third-order valence-corrected chi connectivity index (χ3v) is 11.3. The molecule has 4 heterocycles. The van der Waals surface area contributed by atoms with Crippen molar-refractivity contribution in [2.24, 2.45) is 0 Å². The number of nitrogens with zero attached hydrogens (tertiary/aromatic N) is 6. The molecule has 6 nitrogen and oxygen atoms in total. The second-order valence-electron chi connectivity index (χ2n) is 15.1. The Labute approximate surface area is 359 Å². The monoisotopic (exact) mass is 792 g/mol. The van der Waals surface area contributed by atoms with Gasteiger partial charge in [-0.05, 0) is 91.3 Å². The summed E-state index contributed by atoms with van der Waals surface area (Å²) in [6.07, 6.45) is 5.46. The molecule has 11 aromatic rings. The smallest absolute Gasteiger partial charge is 0.164 e. The van der Waals surface area contributed by atoms with E-state index in [-0.39, 0.29) is 0 Å². The van der Waals surface area contributed by atoms with Gasteiger partial charge in [-0.3, -0.25) is 9.97 Å². The van der Waals surface area contributed by atoms with E-state index in [9.17, 15) is 0 Å². The van der Waals surface area contributed by atoms with E-state index < -0.39 is 0 Å². The highest BCUT2D eigenvalue weighted by molar-refractivity contribution is 6.21. The van der Waals surface area contributed by atoms with Crippen molar-refractivity contribution in [1.29, 1.82) is 0 Å². The molecule has 0 atom stereocenters. The fourth-order valence-corrected chi connectivity index (χ4v) is 8.31. The van der Waals surface area contributed by atoms with Crippen LogP contribution in [-0.4, -0.2) is 29.9 Å². The number of pyridine rings is 3. The van der Waals surface area contributed by atoms with E-state index in [4.69, 9.17) is 19.9 Å². The van der Waals surface area contributed by atoms with E-state index in [1.807, 2.05) is 79.1 Å². The first-order chi connectivity index (χ1) is 30.7. The normalized spacial score (nSPS) is 11.2. The van der Waals surface area contributed by atoms with E-state index in [1.165, 1.54) is 0 Å². The fourth-order valence-electron chi connectivity index (χ4n) is 8.31. The third-order valence-electron chi connectivity index (χ3n) is 11.3. The second kappa shape index (κ2) is 15.9. The summed E-state index contributed by atoms with van der Waals surface area (Å²) in [7, 11) is 0. The zero-order valence-electron chi connectivity index (χ0n) is 33.5. The summed E-state index contributed by atoms with van der Waals surface area (Å²) in [4.78, 5) is 29.3. The molecule has 0 N–H and O–H groups in total. The Bertz CT molecular complexity index is 3240. The zero-order chi connectivity index (χ0) is 41.2. The number of rotatable bonds is 8. The quantitative estimate of drug-likeness (QED) is 0.143. The van der Waals surface area contributed by atoms with Gasteiger partial charge in [-0.2, -0.15) is 0 Å². The summed E-state index contributed by atoms with van der Waals surface area (Å²) < 4.78 is 0. The molecule has 6 heteroatoms. The lowest BCUT2D eigenvalue weighted by atomic mass is 9.85. The van der Waals surface area contributed by atoms with Gasteiger partial charge in [0.1, 0.15) is 0 Å². The molecule has 0 amide bonds. The molecule has 11 rings (SSSR count). The molecule has 0 bridgehead atoms. The van der Waals surface area contributed by atoms with Gasteiger partial charge in [0.2, 0.25) is 0 Å². The van der Waals surface area contributed by atoms with Crippen molar-refractivity contribution in [2.45, 2.75) is 0 Å². The largest absolute Gasteiger partial charge is 0.264 e. The van der Waals surface area contributed by atoms with Gasteiger partial charge in [0.05, 0.1) is 17.1 Å². The molecule has 0 saturated heterocycles. The van der Waals surface area contributed by atoms with Crippen LogP contribution in [0, 0.1) is 0 Å². The Morgan fingerprint density at radius 1 is 0.258 bits per heavy atom. The Morgan fingerprint density at radius 2 is 0.694 bits per heavy atom. The molecule has 0 fully saturated rings. The van der Waals surface area contributed by atoms with Crippen molar-refractivity contribution in [3.05, 3.63) is 219 Å². The van der Waals surface area contributed by atoms with E-state index in [0.29, 0.717) is 17.5 Å². The minimum Gasteiger partial charge on any atom is -0.264 e. The van der Waals surface area contributed by atoms with E-state index >= 15 is 0 Å². The molecule has 0 aliphatic rings. The van der Waals surface area contributed by atoms with Crippen LogP contribution >= 0.6 is 0 Å². The molecular weight excluding hydrogens is 757 g/mol. The molecule has 62 heavy (non-hydrogen) atoms. The van der Waals surface area contributed by atoms with Crippen LogP contribution in [0.25, 0.3) is 112 Å². The summed E-state index contributed by atoms with van der Waals surface area (Å²) in [6.45, 7) is 0. The highest BCUT2D eigenvalue weighted by Crippen LogP contribution is 2.45. The predicted molar refractivity (Wildman–Crippen MR) is 252 cm³/mol. The first-order valence-electron chi connectivity index (χ1n) is 20.6. The predicted octanol–water partition coefficient (Wildman–Crippen LogP) is 13.7. The minimum absolute atomic E-state index is 0.614. The number of benzene rings is 7. The summed E-state index contributed by atoms with van der Waals surface area (Å²) >= 11 is 0. The third kappa shape index (κ3) is 6.95. The zero-order valence-corrected chi connectivity index (χ0v) is 33.5. The van der Waals surface area contributed by atoms with Gasteiger partial charge in [0, 0.05) is 40.8 Å². The van der Waals surface area contributed by atoms with Crippen molar-refractivity contribution >= 4 is 21.5 Å². The fraction of sp³-hybridized carbons (Fsp3) is 0. The van der Waals surface area contributed by atoms with Crippen molar-refractivity contribution in [1.82, 2.24) is 29.9 Å². The Balaban J connectivity index is 1.04. The summed E-state index contributed by atoms with van der Waals surface area (Å²) in [5, 5.41) is 4.60. The summed E-state index contributed by atoms with van der Waals surface area (Å²) in [5.41, 5.74) is 12.9. The first-order valence-corrected chi connectivity index (χ1v) is 20.6. The van der Waals surface area contributed by atoms with Crippen LogP contribution in [0.1, 0.15) is 0 Å². The molecule has 0 radical (unpaired) electrons. The molecule has 0 unspecified atom stereocenters. The van der Waals surface area contributed by atoms with Crippen LogP contribution in [0.2, 0.25) is 0 Å². The van der Waals surface area contributed by atoms with Crippen LogP contribution in [0.15, 0.2) is 219 Å². The van der Waals surface area contributed by atoms with Crippen LogP contribution in [0.3, 0.4) is 0 Å². The number of aromatic nitrogens is 6. The van der Waals surface area contributed by atoms with E-state index in [2.05, 4.69) is 143 Å². The van der Waals surface area contributed by atoms with Gasteiger partial charge >= 0.3 is 0 Å². The number of hydrogen-bond acceptors (Lipinski definition) is 6. The van der Waals surface area contributed by atoms with E-state index in [1.54, 1.807) is 6.20 Å². The van der Waals surface area contributed by atoms with Gasteiger partial charge in [-0.1, -0.05) is 164 Å². The standard InChI is InChI=1S/C56H36N6/c1-3-14-37(15-4-1)38-24-28-41(29-25-38)55-60-54(40-16-5-2-6-17-40)61-56(62-55)42-30-26-39(27-31-42)52-45-19-7-9-21-47(45)53(48-22-10-8-20-46(48)52)44-34-50(43-18-13-32-57-36-43)59-51(35-44)49-23-11-12-33-58-49/h1-36H. The molecule has 0 saturated carbocycles. The van der Waals surface area contributed by atoms with Crippen molar-refractivity contribution in [2.75, 3.05) is 0 Å². The van der Waals surface area contributed by atoms with Crippen LogP contribution in [0.4, 0.5) is 0 Å². The topological polar surface area (TPSA) is 77.3 Å². The summed E-state index contributed by atoms with van der Waals surface area (Å²) in [6, 6.07) is 69.2. The van der Waals surface area contributed by atoms with Gasteiger partial charge < -0.3 is 0 Å². The maximum atomic E-state index is 5.10. The molecule has 0 aliphatic carbocycles. The maximum Gasteiger partial charge on any atom is 0.164 e. The molecule has 7 aromatic carbocycles. The lowest BCUT2D eigenvalue weighted by Crippen LogP contribution is -2.00. The average Bonchev–Trinajstić information content (AvgIpc) is 3.36. The minimum atomic E-state index is 0.614. The molecule has 4 aromatic heterocycles. The Morgan fingerprint density at radius 3 is 1.23 bits per heavy atom. The van der Waals surface area contributed by atoms with Gasteiger partial charge in [0.25, 0.3) is 0 Å². The maximum absolute atomic E-state index is 5.10. The Hall–Kier alpha value is -8.48. The second-order valence-corrected chi connectivity index (χ2v) is 15.1. The highest BCUT2D eigenvalue weighted by atomic mass is 15.0. The first kappa shape index (κ1) is 36.6. The van der Waals surface area contributed by atoms with Gasteiger partial charge in [-0.25, -0.2) is 19.9 Å². The molecule has 0 spiro atoms. The Kier molecular flexibility index (Phi) is 9.41.